The van der Waals surface area contributed by atoms with Crippen LogP contribution < -0.4 is 5.32 Å². The van der Waals surface area contributed by atoms with Crippen molar-refractivity contribution in [2.75, 3.05) is 13.2 Å². The van der Waals surface area contributed by atoms with Gasteiger partial charge < -0.3 is 10.1 Å². The van der Waals surface area contributed by atoms with Crippen LogP contribution in [0.2, 0.25) is 0 Å². The number of rotatable bonds is 5. The molecule has 4 rings (SSSR count). The van der Waals surface area contributed by atoms with Gasteiger partial charge in [0.05, 0.1) is 6.54 Å². The van der Waals surface area contributed by atoms with E-state index in [0.29, 0.717) is 12.5 Å². The van der Waals surface area contributed by atoms with Crippen LogP contribution in [0.4, 0.5) is 0 Å². The molecule has 0 saturated carbocycles. The Morgan fingerprint density at radius 1 is 1.04 bits per heavy atom. The lowest BCUT2D eigenvalue weighted by atomic mass is 10.00. The lowest BCUT2D eigenvalue weighted by Crippen LogP contribution is -2.16. The molecule has 0 spiro atoms. The van der Waals surface area contributed by atoms with Crippen LogP contribution in [0.5, 0.6) is 0 Å². The summed E-state index contributed by atoms with van der Waals surface area (Å²) in [5, 5.41) is 13.4. The van der Waals surface area contributed by atoms with E-state index in [1.165, 1.54) is 16.3 Å². The van der Waals surface area contributed by atoms with Crippen molar-refractivity contribution in [3.63, 3.8) is 0 Å². The van der Waals surface area contributed by atoms with Gasteiger partial charge in [0.1, 0.15) is 5.82 Å². The van der Waals surface area contributed by atoms with E-state index in [-0.39, 0.29) is 0 Å². The van der Waals surface area contributed by atoms with E-state index in [1.54, 1.807) is 0 Å². The summed E-state index contributed by atoms with van der Waals surface area (Å²) in [6.45, 7) is 3.14. The number of aromatic amines is 1. The lowest BCUT2D eigenvalue weighted by molar-refractivity contribution is 0.0836. The summed E-state index contributed by atoms with van der Waals surface area (Å²) in [6.07, 6.45) is 2.03. The molecule has 2 N–H and O–H groups in total. The Kier molecular flexibility index (Phi) is 4.53. The summed E-state index contributed by atoms with van der Waals surface area (Å²) in [5.74, 6) is 2.27. The van der Waals surface area contributed by atoms with Crippen molar-refractivity contribution in [2.45, 2.75) is 31.8 Å². The third-order valence-corrected chi connectivity index (χ3v) is 4.57. The Morgan fingerprint density at radius 3 is 2.75 bits per heavy atom. The van der Waals surface area contributed by atoms with E-state index in [9.17, 15) is 0 Å². The smallest absolute Gasteiger partial charge is 0.154 e. The van der Waals surface area contributed by atoms with Gasteiger partial charge in [-0.3, -0.25) is 5.10 Å². The highest BCUT2D eigenvalue weighted by Crippen LogP contribution is 2.23. The van der Waals surface area contributed by atoms with Crippen LogP contribution in [0.1, 0.15) is 36.0 Å². The second kappa shape index (κ2) is 7.11. The number of H-pyrrole nitrogens is 1. The molecule has 0 unspecified atom stereocenters. The van der Waals surface area contributed by atoms with Crippen LogP contribution in [0.25, 0.3) is 10.8 Å². The van der Waals surface area contributed by atoms with Crippen molar-refractivity contribution in [1.29, 1.82) is 0 Å². The summed E-state index contributed by atoms with van der Waals surface area (Å²) in [4.78, 5) is 4.63. The highest BCUT2D eigenvalue weighted by molar-refractivity contribution is 5.82. The van der Waals surface area contributed by atoms with Crippen molar-refractivity contribution in [3.8, 4) is 0 Å². The number of benzene rings is 2. The monoisotopic (exact) mass is 322 g/mol. The lowest BCUT2D eigenvalue weighted by Gasteiger charge is -2.18. The third-order valence-electron chi connectivity index (χ3n) is 4.57. The number of aromatic nitrogens is 3. The second-order valence-electron chi connectivity index (χ2n) is 6.31. The summed E-state index contributed by atoms with van der Waals surface area (Å²) in [6, 6.07) is 15.0. The fourth-order valence-electron chi connectivity index (χ4n) is 3.20. The molecule has 1 aliphatic rings. The molecule has 1 aliphatic heterocycles. The highest BCUT2D eigenvalue weighted by atomic mass is 16.5. The fraction of sp³-hybridized carbons (Fsp3) is 0.368. The molecule has 0 aliphatic carbocycles. The predicted octanol–water partition coefficient (Wildman–Crippen LogP) is 3.14. The molecule has 24 heavy (non-hydrogen) atoms. The number of ether oxygens (including phenoxy) is 1. The van der Waals surface area contributed by atoms with Gasteiger partial charge in [-0.15, -0.1) is 0 Å². The number of hydrogen-bond acceptors (Lipinski definition) is 4. The van der Waals surface area contributed by atoms with E-state index in [2.05, 4.69) is 63.0 Å². The van der Waals surface area contributed by atoms with Gasteiger partial charge in [-0.2, -0.15) is 5.10 Å². The van der Waals surface area contributed by atoms with Gasteiger partial charge in [0.2, 0.25) is 0 Å². The first-order valence-electron chi connectivity index (χ1n) is 8.56. The minimum absolute atomic E-state index is 0.434. The zero-order valence-corrected chi connectivity index (χ0v) is 13.7. The molecule has 2 aromatic carbocycles. The number of nitrogens with zero attached hydrogens (tertiary/aromatic N) is 2. The number of nitrogens with one attached hydrogen (secondary N) is 2. The average molecular weight is 322 g/mol. The molecule has 2 heterocycles. The Labute approximate surface area is 141 Å². The molecule has 1 aromatic heterocycles. The maximum atomic E-state index is 5.39. The molecule has 0 bridgehead atoms. The molecule has 1 fully saturated rings. The van der Waals surface area contributed by atoms with E-state index < -0.39 is 0 Å². The molecule has 0 radical (unpaired) electrons. The Morgan fingerprint density at radius 2 is 1.88 bits per heavy atom. The topological polar surface area (TPSA) is 62.8 Å². The van der Waals surface area contributed by atoms with Crippen LogP contribution in [0.15, 0.2) is 42.5 Å². The third kappa shape index (κ3) is 3.47. The molecular weight excluding hydrogens is 300 g/mol. The van der Waals surface area contributed by atoms with Gasteiger partial charge in [0.15, 0.2) is 5.82 Å². The Bertz CT molecular complexity index is 808. The standard InChI is InChI=1S/C19H22N4O/c1-2-4-17-11-14(5-6-15(17)3-1)12-20-13-18-21-19(23-22-18)16-7-9-24-10-8-16/h1-6,11,16,20H,7-10,12-13H2,(H,21,22,23). The first-order valence-corrected chi connectivity index (χ1v) is 8.56. The van der Waals surface area contributed by atoms with Crippen LogP contribution >= 0.6 is 0 Å². The first kappa shape index (κ1) is 15.3. The van der Waals surface area contributed by atoms with E-state index in [1.807, 2.05) is 0 Å². The van der Waals surface area contributed by atoms with Gasteiger partial charge in [0, 0.05) is 25.7 Å². The molecule has 1 saturated heterocycles. The maximum Gasteiger partial charge on any atom is 0.154 e. The SMILES string of the molecule is c1ccc2cc(CNCc3nc(C4CCOCC4)n[nH]3)ccc2c1. The second-order valence-corrected chi connectivity index (χ2v) is 6.31. The summed E-state index contributed by atoms with van der Waals surface area (Å²) >= 11 is 0. The minimum atomic E-state index is 0.434. The Hall–Kier alpha value is -2.24. The van der Waals surface area contributed by atoms with Gasteiger partial charge in [0.25, 0.3) is 0 Å². The van der Waals surface area contributed by atoms with Crippen LogP contribution in [0.3, 0.4) is 0 Å². The van der Waals surface area contributed by atoms with Crippen molar-refractivity contribution in [1.82, 2.24) is 20.5 Å². The molecular formula is C19H22N4O. The van der Waals surface area contributed by atoms with Crippen molar-refractivity contribution in [3.05, 3.63) is 59.7 Å². The molecule has 5 nitrogen and oxygen atoms in total. The van der Waals surface area contributed by atoms with Gasteiger partial charge in [-0.25, -0.2) is 4.98 Å². The highest BCUT2D eigenvalue weighted by Gasteiger charge is 2.19. The fourth-order valence-corrected chi connectivity index (χ4v) is 3.20. The minimum Gasteiger partial charge on any atom is -0.381 e. The zero-order chi connectivity index (χ0) is 16.2. The molecule has 0 amide bonds. The van der Waals surface area contributed by atoms with Crippen LogP contribution in [-0.4, -0.2) is 28.4 Å². The normalized spacial score (nSPS) is 15.8. The largest absolute Gasteiger partial charge is 0.381 e. The van der Waals surface area contributed by atoms with Crippen molar-refractivity contribution < 1.29 is 4.74 Å². The quantitative estimate of drug-likeness (QED) is 0.757. The maximum absolute atomic E-state index is 5.39. The predicted molar refractivity (Wildman–Crippen MR) is 93.7 cm³/mol. The van der Waals surface area contributed by atoms with Crippen LogP contribution in [0, 0.1) is 0 Å². The van der Waals surface area contributed by atoms with Crippen LogP contribution in [-0.2, 0) is 17.8 Å². The molecule has 3 aromatic rings. The van der Waals surface area contributed by atoms with Gasteiger partial charge in [-0.1, -0.05) is 36.4 Å². The van der Waals surface area contributed by atoms with Crippen molar-refractivity contribution in [2.24, 2.45) is 0 Å². The van der Waals surface area contributed by atoms with E-state index >= 15 is 0 Å². The summed E-state index contributed by atoms with van der Waals surface area (Å²) in [7, 11) is 0. The number of fused-ring (bicyclic) bond motifs is 1. The molecule has 124 valence electrons. The van der Waals surface area contributed by atoms with Gasteiger partial charge in [-0.05, 0) is 35.2 Å². The van der Waals surface area contributed by atoms with Crippen molar-refractivity contribution >= 4 is 10.8 Å². The zero-order valence-electron chi connectivity index (χ0n) is 13.7. The summed E-state index contributed by atoms with van der Waals surface area (Å²) in [5.41, 5.74) is 1.28. The Balaban J connectivity index is 1.34. The van der Waals surface area contributed by atoms with Gasteiger partial charge >= 0.3 is 0 Å². The van der Waals surface area contributed by atoms with E-state index in [4.69, 9.17) is 4.74 Å². The molecule has 5 heteroatoms. The van der Waals surface area contributed by atoms with E-state index in [0.717, 1.165) is 44.2 Å². The molecule has 0 atom stereocenters. The number of hydrogen-bond donors (Lipinski definition) is 2. The summed E-state index contributed by atoms with van der Waals surface area (Å²) < 4.78 is 5.39. The first-order chi connectivity index (χ1) is 11.9. The average Bonchev–Trinajstić information content (AvgIpc) is 3.11.